The summed E-state index contributed by atoms with van der Waals surface area (Å²) in [4.78, 5) is 25.0. The summed E-state index contributed by atoms with van der Waals surface area (Å²) in [6.45, 7) is 2.71. The molecule has 1 amide bonds. The number of anilines is 1. The molecule has 0 spiro atoms. The Morgan fingerprint density at radius 3 is 2.59 bits per heavy atom. The summed E-state index contributed by atoms with van der Waals surface area (Å²) < 4.78 is 19.5. The van der Waals surface area contributed by atoms with E-state index in [2.05, 4.69) is 14.9 Å². The molecule has 2 aromatic heterocycles. The molecule has 1 fully saturated rings. The highest BCUT2D eigenvalue weighted by Gasteiger charge is 2.22. The number of rotatable bonds is 5. The van der Waals surface area contributed by atoms with Crippen molar-refractivity contribution in [1.29, 1.82) is 0 Å². The highest BCUT2D eigenvalue weighted by Crippen LogP contribution is 2.24. The Kier molecular flexibility index (Phi) is 5.76. The Balaban J connectivity index is 1.29. The first-order valence-corrected chi connectivity index (χ1v) is 9.82. The van der Waals surface area contributed by atoms with Gasteiger partial charge >= 0.3 is 0 Å². The lowest BCUT2D eigenvalue weighted by molar-refractivity contribution is -0.131. The maximum atomic E-state index is 13.9. The molecule has 1 aliphatic rings. The summed E-state index contributed by atoms with van der Waals surface area (Å²) in [5, 5.41) is 0.604. The van der Waals surface area contributed by atoms with Gasteiger partial charge in [-0.2, -0.15) is 0 Å². The third-order valence-electron chi connectivity index (χ3n) is 4.91. The fraction of sp³-hybridized carbons (Fsp3) is 0.286. The molecule has 0 aliphatic carbocycles. The van der Waals surface area contributed by atoms with E-state index in [1.807, 2.05) is 17.0 Å². The molecule has 0 radical (unpaired) electrons. The van der Waals surface area contributed by atoms with Crippen LogP contribution in [0, 0.1) is 5.82 Å². The number of amides is 1. The Morgan fingerprint density at radius 2 is 1.86 bits per heavy atom. The minimum Gasteiger partial charge on any atom is -0.441 e. The number of oxazole rings is 1. The van der Waals surface area contributed by atoms with Gasteiger partial charge in [0.05, 0.1) is 16.8 Å². The Labute approximate surface area is 172 Å². The summed E-state index contributed by atoms with van der Waals surface area (Å²) in [6, 6.07) is 10.1. The van der Waals surface area contributed by atoms with Crippen LogP contribution in [0.2, 0.25) is 5.02 Å². The van der Waals surface area contributed by atoms with Crippen LogP contribution in [0.25, 0.3) is 11.3 Å². The summed E-state index contributed by atoms with van der Waals surface area (Å²) in [5.41, 5.74) is 0.365. The number of aromatic nitrogens is 2. The summed E-state index contributed by atoms with van der Waals surface area (Å²) in [5.74, 6) is 1.36. The molecule has 0 saturated carbocycles. The molecule has 1 saturated heterocycles. The van der Waals surface area contributed by atoms with E-state index in [9.17, 15) is 9.18 Å². The summed E-state index contributed by atoms with van der Waals surface area (Å²) >= 11 is 5.88. The molecule has 6 nitrogen and oxygen atoms in total. The number of carbonyl (C=O) groups is 1. The molecule has 1 aliphatic heterocycles. The minimum atomic E-state index is -0.362. The van der Waals surface area contributed by atoms with Gasteiger partial charge in [0.25, 0.3) is 0 Å². The standard InChI is InChI=1S/C21H20ClFN4O2/c22-15-5-6-19(24-13-15)26-9-11-27(12-10-26)21(28)8-7-20-25-14-18(29-20)16-3-1-2-4-17(16)23/h1-6,13-14H,7-12H2. The van der Waals surface area contributed by atoms with E-state index in [0.29, 0.717) is 48.2 Å². The highest BCUT2D eigenvalue weighted by atomic mass is 35.5. The van der Waals surface area contributed by atoms with Gasteiger partial charge in [-0.15, -0.1) is 0 Å². The lowest BCUT2D eigenvalue weighted by atomic mass is 10.2. The zero-order valence-electron chi connectivity index (χ0n) is 15.7. The van der Waals surface area contributed by atoms with Crippen molar-refractivity contribution in [2.45, 2.75) is 12.8 Å². The molecule has 0 unspecified atom stereocenters. The van der Waals surface area contributed by atoms with Crippen molar-refractivity contribution in [3.8, 4) is 11.3 Å². The van der Waals surface area contributed by atoms with E-state index >= 15 is 0 Å². The summed E-state index contributed by atoms with van der Waals surface area (Å²) in [6.07, 6.45) is 3.80. The average molecular weight is 415 g/mol. The van der Waals surface area contributed by atoms with Crippen LogP contribution in [-0.4, -0.2) is 47.0 Å². The second kappa shape index (κ2) is 8.61. The quantitative estimate of drug-likeness (QED) is 0.635. The number of hydrogen-bond donors (Lipinski definition) is 0. The van der Waals surface area contributed by atoms with Crippen molar-refractivity contribution in [2.75, 3.05) is 31.1 Å². The number of pyridine rings is 1. The SMILES string of the molecule is O=C(CCc1ncc(-c2ccccc2F)o1)N1CCN(c2ccc(Cl)cn2)CC1. The predicted molar refractivity (Wildman–Crippen MR) is 108 cm³/mol. The van der Waals surface area contributed by atoms with Crippen molar-refractivity contribution in [3.63, 3.8) is 0 Å². The number of carbonyl (C=O) groups excluding carboxylic acids is 1. The molecule has 0 bridgehead atoms. The van der Waals surface area contributed by atoms with E-state index in [1.54, 1.807) is 24.4 Å². The second-order valence-corrected chi connectivity index (χ2v) is 7.24. The Hall–Kier alpha value is -2.93. The van der Waals surface area contributed by atoms with Gasteiger partial charge in [-0.25, -0.2) is 14.4 Å². The van der Waals surface area contributed by atoms with E-state index in [1.165, 1.54) is 12.3 Å². The molecule has 1 aromatic carbocycles. The fourth-order valence-corrected chi connectivity index (χ4v) is 3.44. The number of hydrogen-bond acceptors (Lipinski definition) is 5. The van der Waals surface area contributed by atoms with Crippen molar-refractivity contribution >= 4 is 23.3 Å². The van der Waals surface area contributed by atoms with Gasteiger partial charge < -0.3 is 14.2 Å². The maximum Gasteiger partial charge on any atom is 0.223 e. The molecule has 29 heavy (non-hydrogen) atoms. The van der Waals surface area contributed by atoms with Crippen molar-refractivity contribution in [3.05, 3.63) is 65.5 Å². The predicted octanol–water partition coefficient (Wildman–Crippen LogP) is 3.81. The first-order chi connectivity index (χ1) is 14.1. The van der Waals surface area contributed by atoms with Crippen LogP contribution in [0.1, 0.15) is 12.3 Å². The first-order valence-electron chi connectivity index (χ1n) is 9.44. The zero-order valence-corrected chi connectivity index (χ0v) is 16.5. The monoisotopic (exact) mass is 414 g/mol. The van der Waals surface area contributed by atoms with Crippen LogP contribution in [0.15, 0.2) is 53.2 Å². The van der Waals surface area contributed by atoms with E-state index in [0.717, 1.165) is 18.9 Å². The summed E-state index contributed by atoms with van der Waals surface area (Å²) in [7, 11) is 0. The molecule has 4 rings (SSSR count). The average Bonchev–Trinajstić information content (AvgIpc) is 3.22. The third kappa shape index (κ3) is 4.56. The third-order valence-corrected chi connectivity index (χ3v) is 5.14. The van der Waals surface area contributed by atoms with E-state index in [-0.39, 0.29) is 11.7 Å². The first kappa shape index (κ1) is 19.4. The van der Waals surface area contributed by atoms with Gasteiger partial charge in [0.2, 0.25) is 5.91 Å². The number of piperazine rings is 1. The van der Waals surface area contributed by atoms with Crippen LogP contribution in [0.3, 0.4) is 0 Å². The van der Waals surface area contributed by atoms with Gasteiger partial charge in [-0.05, 0) is 24.3 Å². The van der Waals surface area contributed by atoms with Gasteiger partial charge in [0.1, 0.15) is 11.6 Å². The van der Waals surface area contributed by atoms with Crippen molar-refractivity contribution in [1.82, 2.24) is 14.9 Å². The minimum absolute atomic E-state index is 0.0550. The number of nitrogens with zero attached hydrogens (tertiary/aromatic N) is 4. The van der Waals surface area contributed by atoms with E-state index < -0.39 is 0 Å². The topological polar surface area (TPSA) is 62.5 Å². The molecular weight excluding hydrogens is 395 g/mol. The highest BCUT2D eigenvalue weighted by molar-refractivity contribution is 6.30. The largest absolute Gasteiger partial charge is 0.441 e. The lowest BCUT2D eigenvalue weighted by Gasteiger charge is -2.35. The van der Waals surface area contributed by atoms with Crippen LogP contribution >= 0.6 is 11.6 Å². The van der Waals surface area contributed by atoms with Gasteiger partial charge in [-0.1, -0.05) is 23.7 Å². The van der Waals surface area contributed by atoms with Crippen LogP contribution < -0.4 is 4.90 Å². The van der Waals surface area contributed by atoms with Gasteiger partial charge in [0.15, 0.2) is 11.7 Å². The molecule has 8 heteroatoms. The zero-order chi connectivity index (χ0) is 20.2. The molecule has 3 aromatic rings. The molecule has 0 atom stereocenters. The molecular formula is C21H20ClFN4O2. The van der Waals surface area contributed by atoms with Crippen LogP contribution in [-0.2, 0) is 11.2 Å². The van der Waals surface area contributed by atoms with Crippen molar-refractivity contribution < 1.29 is 13.6 Å². The number of aryl methyl sites for hydroxylation is 1. The van der Waals surface area contributed by atoms with Crippen molar-refractivity contribution in [2.24, 2.45) is 0 Å². The maximum absolute atomic E-state index is 13.9. The van der Waals surface area contributed by atoms with Crippen LogP contribution in [0.5, 0.6) is 0 Å². The number of halogens is 2. The van der Waals surface area contributed by atoms with Gasteiger partial charge in [-0.3, -0.25) is 4.79 Å². The Morgan fingerprint density at radius 1 is 1.07 bits per heavy atom. The molecule has 150 valence electrons. The van der Waals surface area contributed by atoms with Gasteiger partial charge in [0, 0.05) is 45.2 Å². The normalized spacial score (nSPS) is 14.3. The molecule has 3 heterocycles. The lowest BCUT2D eigenvalue weighted by Crippen LogP contribution is -2.49. The fourth-order valence-electron chi connectivity index (χ4n) is 3.32. The van der Waals surface area contributed by atoms with Crippen LogP contribution in [0.4, 0.5) is 10.2 Å². The smallest absolute Gasteiger partial charge is 0.223 e. The van der Waals surface area contributed by atoms with E-state index in [4.69, 9.17) is 16.0 Å². The second-order valence-electron chi connectivity index (χ2n) is 6.80. The molecule has 0 N–H and O–H groups in total. The Bertz CT molecular complexity index is 984. The number of benzene rings is 1.